The van der Waals surface area contributed by atoms with Crippen LogP contribution in [0.3, 0.4) is 0 Å². The Morgan fingerprint density at radius 3 is 1.62 bits per heavy atom. The summed E-state index contributed by atoms with van der Waals surface area (Å²) in [6.45, 7) is 21.9. The number of fused-ring (bicyclic) bond motifs is 2. The summed E-state index contributed by atoms with van der Waals surface area (Å²) in [5.74, 6) is 0.579. The first-order valence-electron chi connectivity index (χ1n) is 15.5. The Balaban J connectivity index is 0.000000209. The van der Waals surface area contributed by atoms with Crippen molar-refractivity contribution in [2.24, 2.45) is 0 Å². The van der Waals surface area contributed by atoms with Crippen LogP contribution in [0.2, 0.25) is 13.1 Å². The molecule has 0 atom stereocenters. The molecule has 0 saturated heterocycles. The van der Waals surface area contributed by atoms with Crippen LogP contribution < -0.4 is 0 Å². The first-order valence-corrected chi connectivity index (χ1v) is 23.8. The third-order valence-electron chi connectivity index (χ3n) is 8.32. The molecule has 0 heterocycles. The van der Waals surface area contributed by atoms with E-state index in [1.165, 1.54) is 82.7 Å². The van der Waals surface area contributed by atoms with Crippen LogP contribution in [0.4, 0.5) is 0 Å². The summed E-state index contributed by atoms with van der Waals surface area (Å²) in [4.78, 5) is 0. The monoisotopic (exact) mass is 726 g/mol. The van der Waals surface area contributed by atoms with Crippen LogP contribution in [0.25, 0.3) is 43.8 Å². The van der Waals surface area contributed by atoms with Gasteiger partial charge in [-0.1, -0.05) is 100 Å². The van der Waals surface area contributed by atoms with E-state index in [0.29, 0.717) is 5.92 Å². The molecule has 0 nitrogen and oxygen atoms in total. The number of rotatable bonds is 3. The van der Waals surface area contributed by atoms with Gasteiger partial charge in [-0.2, -0.15) is 12.1 Å². The van der Waals surface area contributed by atoms with Crippen LogP contribution in [0.5, 0.6) is 0 Å². The second-order valence-corrected chi connectivity index (χ2v) is 16.9. The van der Waals surface area contributed by atoms with Gasteiger partial charge in [-0.3, -0.25) is 0 Å². The molecule has 0 spiro atoms. The zero-order chi connectivity index (χ0) is 33.3. The van der Waals surface area contributed by atoms with Gasteiger partial charge in [0.25, 0.3) is 0 Å². The number of aryl methyl sites for hydroxylation is 6. The third-order valence-corrected chi connectivity index (χ3v) is 8.32. The van der Waals surface area contributed by atoms with E-state index < -0.39 is 20.8 Å². The first kappa shape index (κ1) is 37.2. The normalized spacial score (nSPS) is 10.4. The Hall–Kier alpha value is -2.22. The summed E-state index contributed by atoms with van der Waals surface area (Å²) < 4.78 is 0. The minimum atomic E-state index is -0.826. The Labute approximate surface area is 293 Å². The van der Waals surface area contributed by atoms with Crippen molar-refractivity contribution in [1.29, 1.82) is 0 Å². The number of hydrogen-bond acceptors (Lipinski definition) is 0. The van der Waals surface area contributed by atoms with Crippen LogP contribution in [-0.4, -0.2) is 9.52 Å². The second-order valence-electron chi connectivity index (χ2n) is 12.2. The Morgan fingerprint density at radius 2 is 1.11 bits per heavy atom. The third kappa shape index (κ3) is 9.65. The van der Waals surface area contributed by atoms with Crippen molar-refractivity contribution >= 4 is 48.1 Å². The van der Waals surface area contributed by atoms with Gasteiger partial charge in [-0.15, -0.1) is 68.6 Å². The van der Waals surface area contributed by atoms with Crippen LogP contribution >= 0.6 is 17.0 Å². The van der Waals surface area contributed by atoms with Crippen LogP contribution in [-0.2, 0) is 20.8 Å². The SMILES string of the molecule is C[Si]C.Cc1cc2c(-c3ccc(C)c(C)c3)ccc(C)c2[cH-]1.Cc1ccc(-c2cccc3[cH-]c(C(C)C)cc23)cc1C.[Cl][Zr+2][Cl]. The predicted molar refractivity (Wildman–Crippen MR) is 202 cm³/mol. The van der Waals surface area contributed by atoms with Crippen molar-refractivity contribution in [2.75, 3.05) is 0 Å². The van der Waals surface area contributed by atoms with Crippen molar-refractivity contribution in [2.45, 2.75) is 74.4 Å². The van der Waals surface area contributed by atoms with E-state index in [9.17, 15) is 0 Å². The van der Waals surface area contributed by atoms with Crippen molar-refractivity contribution in [3.05, 3.63) is 130 Å². The zero-order valence-corrected chi connectivity index (χ0v) is 33.5. The van der Waals surface area contributed by atoms with E-state index in [1.54, 1.807) is 0 Å². The van der Waals surface area contributed by atoms with E-state index in [1.807, 2.05) is 0 Å². The van der Waals surface area contributed by atoms with E-state index >= 15 is 0 Å². The molecule has 0 aromatic heterocycles. The predicted octanol–water partition coefficient (Wildman–Crippen LogP) is 13.6. The van der Waals surface area contributed by atoms with Gasteiger partial charge in [-0.05, 0) is 67.0 Å². The average Bonchev–Trinajstić information content (AvgIpc) is 3.62. The molecule has 6 aromatic rings. The summed E-state index contributed by atoms with van der Waals surface area (Å²) in [6.07, 6.45) is 0. The maximum absolute atomic E-state index is 4.93. The van der Waals surface area contributed by atoms with Crippen molar-refractivity contribution in [3.8, 4) is 22.3 Å². The maximum atomic E-state index is 4.93. The fraction of sp³-hybridized carbons (Fsp3) is 0.268. The Morgan fingerprint density at radius 1 is 0.600 bits per heavy atom. The quantitative estimate of drug-likeness (QED) is 0.126. The van der Waals surface area contributed by atoms with E-state index in [-0.39, 0.29) is 0 Å². The van der Waals surface area contributed by atoms with Gasteiger partial charge < -0.3 is 0 Å². The van der Waals surface area contributed by atoms with Crippen LogP contribution in [0, 0.1) is 41.5 Å². The molecule has 0 fully saturated rings. The molecule has 2 radical (unpaired) electrons. The summed E-state index contributed by atoms with van der Waals surface area (Å²) in [5, 5.41) is 5.48. The van der Waals surface area contributed by atoms with E-state index in [2.05, 4.69) is 159 Å². The number of hydrogen-bond donors (Lipinski definition) is 0. The van der Waals surface area contributed by atoms with E-state index in [4.69, 9.17) is 17.0 Å². The van der Waals surface area contributed by atoms with Gasteiger partial charge in [0.2, 0.25) is 0 Å². The molecule has 6 rings (SSSR count). The topological polar surface area (TPSA) is 0 Å². The standard InChI is InChI=1S/C20H21.C19H19.C2H6Si.2ClH.Zr/c1-13(2)18-11-16-6-5-7-19(20(16)12-18)17-9-8-14(3)15(4)10-17;1-12-9-18-14(3)6-8-17(19(18)10-12)16-7-5-13(2)15(4)11-16;1-3-2;;;/h5-13H,1-4H3;5-11H,1-4H3;1-2H3;2*1H;/q2*-1;;;;+4/p-2. The molecular formula is C41H46Cl2SiZr. The van der Waals surface area contributed by atoms with Gasteiger partial charge >= 0.3 is 37.9 Å². The van der Waals surface area contributed by atoms with Crippen molar-refractivity contribution in [3.63, 3.8) is 0 Å². The molecule has 232 valence electrons. The molecule has 45 heavy (non-hydrogen) atoms. The number of benzene rings is 4. The fourth-order valence-corrected chi connectivity index (χ4v) is 5.50. The van der Waals surface area contributed by atoms with Gasteiger partial charge in [0.1, 0.15) is 0 Å². The van der Waals surface area contributed by atoms with Crippen molar-refractivity contribution in [1.82, 2.24) is 0 Å². The summed E-state index contributed by atoms with van der Waals surface area (Å²) >= 11 is -0.826. The number of halogens is 2. The molecule has 0 N–H and O–H groups in total. The average molecular weight is 729 g/mol. The molecule has 6 aromatic carbocycles. The molecule has 4 heteroatoms. The summed E-state index contributed by atoms with van der Waals surface area (Å²) in [7, 11) is 11.0. The van der Waals surface area contributed by atoms with Gasteiger partial charge in [0.05, 0.1) is 0 Å². The molecule has 0 saturated carbocycles. The fourth-order valence-electron chi connectivity index (χ4n) is 5.50. The van der Waals surface area contributed by atoms with Gasteiger partial charge in [0.15, 0.2) is 0 Å². The molecule has 0 bridgehead atoms. The van der Waals surface area contributed by atoms with Crippen LogP contribution in [0.15, 0.2) is 91.0 Å². The first-order chi connectivity index (χ1) is 21.4. The molecule has 0 aliphatic carbocycles. The molecule has 0 aliphatic heterocycles. The summed E-state index contributed by atoms with van der Waals surface area (Å²) in [6, 6.07) is 33.8. The van der Waals surface area contributed by atoms with Gasteiger partial charge in [0, 0.05) is 9.52 Å². The Kier molecular flexibility index (Phi) is 14.6. The van der Waals surface area contributed by atoms with Gasteiger partial charge in [-0.25, -0.2) is 0 Å². The zero-order valence-electron chi connectivity index (χ0n) is 28.5. The van der Waals surface area contributed by atoms with Crippen molar-refractivity contribution < 1.29 is 20.8 Å². The summed E-state index contributed by atoms with van der Waals surface area (Å²) in [5.41, 5.74) is 14.9. The Bertz CT molecular complexity index is 1840. The van der Waals surface area contributed by atoms with E-state index in [0.717, 1.165) is 9.52 Å². The minimum absolute atomic E-state index is 0.579. The molecular weight excluding hydrogens is 683 g/mol. The van der Waals surface area contributed by atoms with Crippen LogP contribution in [0.1, 0.15) is 58.7 Å². The molecule has 0 aliphatic rings. The molecule has 0 amide bonds. The molecule has 0 unspecified atom stereocenters. The second kappa shape index (κ2) is 17.6.